The Balaban J connectivity index is 2.19. The summed E-state index contributed by atoms with van der Waals surface area (Å²) in [6.07, 6.45) is 0. The molecule has 100 valence electrons. The third-order valence-corrected chi connectivity index (χ3v) is 3.91. The highest BCUT2D eigenvalue weighted by Gasteiger charge is 2.20. The minimum Gasteiger partial charge on any atom is -0.156 e. The van der Waals surface area contributed by atoms with E-state index in [1.165, 1.54) is 28.1 Å². The van der Waals surface area contributed by atoms with Gasteiger partial charge in [0.25, 0.3) is 0 Å². The zero-order chi connectivity index (χ0) is 14.1. The van der Waals surface area contributed by atoms with Crippen molar-refractivity contribution in [3.05, 3.63) is 66.2 Å². The zero-order valence-electron chi connectivity index (χ0n) is 12.2. The van der Waals surface area contributed by atoms with Crippen LogP contribution in [0, 0.1) is 6.92 Å². The molecule has 0 spiro atoms. The molecule has 20 heavy (non-hydrogen) atoms. The molecule has 0 aliphatic heterocycles. The summed E-state index contributed by atoms with van der Waals surface area (Å²) in [5.74, 6) is 0. The average molecular weight is 263 g/mol. The Morgan fingerprint density at radius 3 is 2.25 bits per heavy atom. The molecule has 2 aromatic carbocycles. The molecule has 2 heteroatoms. The standard InChI is InChI=1S/C18H19N2/c1-14-9-7-8-12-16(14)18-13-17(19(2)20(18)3)15-10-5-4-6-11-15/h4-13H,1-3H3/q+1. The highest BCUT2D eigenvalue weighted by atomic mass is 15.4. The molecule has 0 unspecified atom stereocenters. The maximum Gasteiger partial charge on any atom is 0.238 e. The molecular weight excluding hydrogens is 244 g/mol. The molecule has 0 radical (unpaired) electrons. The van der Waals surface area contributed by atoms with Crippen LogP contribution in [0.5, 0.6) is 0 Å². The van der Waals surface area contributed by atoms with Crippen LogP contribution in [0.15, 0.2) is 60.7 Å². The molecular formula is C18H19N2+. The van der Waals surface area contributed by atoms with Crippen molar-refractivity contribution in [2.75, 3.05) is 0 Å². The normalized spacial score (nSPS) is 10.8. The van der Waals surface area contributed by atoms with Gasteiger partial charge in [-0.05, 0) is 24.6 Å². The van der Waals surface area contributed by atoms with E-state index in [4.69, 9.17) is 0 Å². The summed E-state index contributed by atoms with van der Waals surface area (Å²) in [7, 11) is 4.21. The lowest BCUT2D eigenvalue weighted by Gasteiger charge is -2.03. The van der Waals surface area contributed by atoms with Crippen molar-refractivity contribution in [3.8, 4) is 22.5 Å². The molecule has 0 fully saturated rings. The minimum absolute atomic E-state index is 1.23. The van der Waals surface area contributed by atoms with E-state index in [1.54, 1.807) is 0 Å². The van der Waals surface area contributed by atoms with Gasteiger partial charge < -0.3 is 0 Å². The molecule has 0 atom stereocenters. The van der Waals surface area contributed by atoms with E-state index >= 15 is 0 Å². The van der Waals surface area contributed by atoms with Crippen LogP contribution < -0.4 is 4.68 Å². The summed E-state index contributed by atoms with van der Waals surface area (Å²) < 4.78 is 4.39. The van der Waals surface area contributed by atoms with Gasteiger partial charge in [-0.2, -0.15) is 4.68 Å². The fourth-order valence-corrected chi connectivity index (χ4v) is 2.63. The van der Waals surface area contributed by atoms with Gasteiger partial charge in [0.2, 0.25) is 5.69 Å². The first-order valence-corrected chi connectivity index (χ1v) is 6.86. The zero-order valence-corrected chi connectivity index (χ0v) is 12.2. The molecule has 0 N–H and O–H groups in total. The van der Waals surface area contributed by atoms with E-state index in [2.05, 4.69) is 91.0 Å². The predicted octanol–water partition coefficient (Wildman–Crippen LogP) is 3.49. The van der Waals surface area contributed by atoms with E-state index in [0.29, 0.717) is 0 Å². The van der Waals surface area contributed by atoms with Crippen LogP contribution in [0.2, 0.25) is 0 Å². The second kappa shape index (κ2) is 4.97. The van der Waals surface area contributed by atoms with Gasteiger partial charge in [-0.1, -0.05) is 42.5 Å². The lowest BCUT2D eigenvalue weighted by Crippen LogP contribution is -2.39. The highest BCUT2D eigenvalue weighted by molar-refractivity contribution is 5.68. The molecule has 3 rings (SSSR count). The smallest absolute Gasteiger partial charge is 0.156 e. The third-order valence-electron chi connectivity index (χ3n) is 3.91. The largest absolute Gasteiger partial charge is 0.238 e. The molecule has 0 amide bonds. The predicted molar refractivity (Wildman–Crippen MR) is 82.2 cm³/mol. The van der Waals surface area contributed by atoms with E-state index in [-0.39, 0.29) is 0 Å². The van der Waals surface area contributed by atoms with Crippen LogP contribution in [-0.4, -0.2) is 4.68 Å². The number of rotatable bonds is 2. The van der Waals surface area contributed by atoms with Crippen LogP contribution in [0.25, 0.3) is 22.5 Å². The van der Waals surface area contributed by atoms with Gasteiger partial charge in [-0.3, -0.25) is 0 Å². The lowest BCUT2D eigenvalue weighted by atomic mass is 10.0. The minimum atomic E-state index is 1.23. The maximum atomic E-state index is 2.26. The number of benzene rings is 2. The monoisotopic (exact) mass is 263 g/mol. The van der Waals surface area contributed by atoms with Gasteiger partial charge in [0.1, 0.15) is 5.69 Å². The van der Waals surface area contributed by atoms with Crippen molar-refractivity contribution in [2.24, 2.45) is 14.1 Å². The van der Waals surface area contributed by atoms with Crippen molar-refractivity contribution in [1.82, 2.24) is 4.68 Å². The van der Waals surface area contributed by atoms with Crippen LogP contribution in [0.1, 0.15) is 5.56 Å². The highest BCUT2D eigenvalue weighted by Crippen LogP contribution is 2.26. The molecule has 0 aliphatic carbocycles. The second-order valence-corrected chi connectivity index (χ2v) is 5.14. The van der Waals surface area contributed by atoms with E-state index in [1.807, 2.05) is 0 Å². The first-order valence-electron chi connectivity index (χ1n) is 6.86. The van der Waals surface area contributed by atoms with E-state index in [9.17, 15) is 0 Å². The van der Waals surface area contributed by atoms with E-state index < -0.39 is 0 Å². The summed E-state index contributed by atoms with van der Waals surface area (Å²) in [4.78, 5) is 0. The molecule has 0 saturated carbocycles. The number of hydrogen-bond acceptors (Lipinski definition) is 0. The van der Waals surface area contributed by atoms with E-state index in [0.717, 1.165) is 0 Å². The number of aromatic nitrogens is 2. The Morgan fingerprint density at radius 2 is 1.55 bits per heavy atom. The molecule has 0 saturated heterocycles. The molecule has 2 nitrogen and oxygen atoms in total. The molecule has 1 heterocycles. The van der Waals surface area contributed by atoms with Gasteiger partial charge in [-0.15, -0.1) is 4.68 Å². The van der Waals surface area contributed by atoms with Gasteiger partial charge in [0.15, 0.2) is 7.05 Å². The first-order chi connectivity index (χ1) is 9.68. The van der Waals surface area contributed by atoms with Crippen molar-refractivity contribution >= 4 is 0 Å². The topological polar surface area (TPSA) is 8.81 Å². The molecule has 3 aromatic rings. The van der Waals surface area contributed by atoms with Gasteiger partial charge in [0.05, 0.1) is 7.05 Å². The van der Waals surface area contributed by atoms with Crippen LogP contribution in [0.4, 0.5) is 0 Å². The molecule has 0 aliphatic rings. The Kier molecular flexibility index (Phi) is 3.15. The summed E-state index contributed by atoms with van der Waals surface area (Å²) in [6.45, 7) is 2.16. The maximum absolute atomic E-state index is 2.26. The fraction of sp³-hybridized carbons (Fsp3) is 0.167. The SMILES string of the molecule is Cc1ccccc1-c1cc(-c2ccccc2)[n+](C)n1C. The quantitative estimate of drug-likeness (QED) is 0.626. The number of hydrogen-bond donors (Lipinski definition) is 0. The fourth-order valence-electron chi connectivity index (χ4n) is 2.63. The average Bonchev–Trinajstić information content (AvgIpc) is 2.77. The summed E-state index contributed by atoms with van der Waals surface area (Å²) in [5, 5.41) is 0. The second-order valence-electron chi connectivity index (χ2n) is 5.14. The van der Waals surface area contributed by atoms with Gasteiger partial charge >= 0.3 is 0 Å². The van der Waals surface area contributed by atoms with Crippen molar-refractivity contribution in [1.29, 1.82) is 0 Å². The third kappa shape index (κ3) is 2.03. The van der Waals surface area contributed by atoms with Crippen LogP contribution in [-0.2, 0) is 14.1 Å². The van der Waals surface area contributed by atoms with Crippen LogP contribution >= 0.6 is 0 Å². The molecule has 1 aromatic heterocycles. The van der Waals surface area contributed by atoms with Crippen molar-refractivity contribution < 1.29 is 4.68 Å². The summed E-state index contributed by atoms with van der Waals surface area (Å²) >= 11 is 0. The summed E-state index contributed by atoms with van der Waals surface area (Å²) in [5.41, 5.74) is 6.29. The van der Waals surface area contributed by atoms with Crippen molar-refractivity contribution in [3.63, 3.8) is 0 Å². The first kappa shape index (κ1) is 12.7. The lowest BCUT2D eigenvalue weighted by molar-refractivity contribution is -0.740. The van der Waals surface area contributed by atoms with Crippen LogP contribution in [0.3, 0.4) is 0 Å². The van der Waals surface area contributed by atoms with Crippen molar-refractivity contribution in [2.45, 2.75) is 6.92 Å². The van der Waals surface area contributed by atoms with Gasteiger partial charge in [0, 0.05) is 17.2 Å². The molecule has 0 bridgehead atoms. The summed E-state index contributed by atoms with van der Waals surface area (Å²) in [6, 6.07) is 21.3. The van der Waals surface area contributed by atoms with Gasteiger partial charge in [-0.25, -0.2) is 0 Å². The Labute approximate surface area is 119 Å². The Bertz CT molecular complexity index is 739. The number of aryl methyl sites for hydroxylation is 1. The Morgan fingerprint density at radius 1 is 0.900 bits per heavy atom. The Hall–Kier alpha value is -2.35. The number of nitrogens with zero attached hydrogens (tertiary/aromatic N) is 2.